The minimum absolute atomic E-state index is 0.185. The molecular formula is C21H24O8. The highest BCUT2D eigenvalue weighted by molar-refractivity contribution is 5.72. The minimum atomic E-state index is -1.43. The van der Waals surface area contributed by atoms with Gasteiger partial charge in [-0.3, -0.25) is 4.79 Å². The van der Waals surface area contributed by atoms with Gasteiger partial charge in [0.25, 0.3) is 0 Å². The molecule has 2 aromatic carbocycles. The lowest BCUT2D eigenvalue weighted by atomic mass is 9.91. The van der Waals surface area contributed by atoms with Crippen LogP contribution >= 0.6 is 0 Å². The number of hydrogen-bond donors (Lipinski definition) is 4. The molecule has 0 saturated carbocycles. The van der Waals surface area contributed by atoms with Crippen molar-refractivity contribution >= 4 is 5.97 Å². The molecule has 0 spiro atoms. The number of carbonyl (C=O) groups excluding carboxylic acids is 1. The first-order valence-corrected chi connectivity index (χ1v) is 9.17. The molecular weight excluding hydrogens is 380 g/mol. The maximum Gasteiger partial charge on any atom is 0.309 e. The standard InChI is InChI=1S/C21H24O8/c1-27-17(23)10-12-2-6-14(7-3-12)28-15-8-4-13(5-9-15)21-20(26)19(25)18(24)16(11-22)29-21/h2-9,16,18-22,24-26H,10-11H2,1H3/t16?,18-,19+,20+,21-/m1/s1. The van der Waals surface area contributed by atoms with Crippen molar-refractivity contribution in [1.82, 2.24) is 0 Å². The van der Waals surface area contributed by atoms with E-state index in [0.717, 1.165) is 5.56 Å². The summed E-state index contributed by atoms with van der Waals surface area (Å²) in [7, 11) is 1.34. The SMILES string of the molecule is COC(=O)Cc1ccc(Oc2ccc([C@H]3OC(CO)[C@@H](O)[C@H](O)[C@@H]3O)cc2)cc1. The van der Waals surface area contributed by atoms with Gasteiger partial charge in [0.15, 0.2) is 0 Å². The predicted octanol–water partition coefficient (Wildman–Crippen LogP) is 0.709. The Morgan fingerprint density at radius 3 is 2.07 bits per heavy atom. The van der Waals surface area contributed by atoms with Gasteiger partial charge in [0.05, 0.1) is 20.1 Å². The molecule has 1 unspecified atom stereocenters. The molecule has 1 aliphatic rings. The van der Waals surface area contributed by atoms with Crippen molar-refractivity contribution in [2.45, 2.75) is 36.9 Å². The first-order chi connectivity index (χ1) is 13.9. The van der Waals surface area contributed by atoms with Crippen molar-refractivity contribution in [3.63, 3.8) is 0 Å². The molecule has 156 valence electrons. The van der Waals surface area contributed by atoms with Gasteiger partial charge in [-0.25, -0.2) is 0 Å². The Morgan fingerprint density at radius 2 is 1.52 bits per heavy atom. The second-order valence-electron chi connectivity index (χ2n) is 6.82. The van der Waals surface area contributed by atoms with E-state index in [1.54, 1.807) is 48.5 Å². The fraction of sp³-hybridized carbons (Fsp3) is 0.381. The largest absolute Gasteiger partial charge is 0.469 e. The third kappa shape index (κ3) is 4.92. The number of carbonyl (C=O) groups is 1. The number of benzene rings is 2. The molecule has 8 nitrogen and oxygen atoms in total. The van der Waals surface area contributed by atoms with Crippen LogP contribution in [0.2, 0.25) is 0 Å². The number of aliphatic hydroxyl groups excluding tert-OH is 4. The maximum atomic E-state index is 11.3. The van der Waals surface area contributed by atoms with Gasteiger partial charge in [0.1, 0.15) is 42.0 Å². The van der Waals surface area contributed by atoms with Crippen LogP contribution in [0.5, 0.6) is 11.5 Å². The lowest BCUT2D eigenvalue weighted by molar-refractivity contribution is -0.231. The van der Waals surface area contributed by atoms with Crippen molar-refractivity contribution < 1.29 is 39.4 Å². The number of aliphatic hydroxyl groups is 4. The van der Waals surface area contributed by atoms with Crippen LogP contribution in [-0.2, 0) is 20.7 Å². The first-order valence-electron chi connectivity index (χ1n) is 9.17. The van der Waals surface area contributed by atoms with E-state index in [4.69, 9.17) is 9.47 Å². The number of hydrogen-bond acceptors (Lipinski definition) is 8. The summed E-state index contributed by atoms with van der Waals surface area (Å²) in [6.45, 7) is -0.478. The fourth-order valence-corrected chi connectivity index (χ4v) is 3.15. The molecule has 2 aromatic rings. The van der Waals surface area contributed by atoms with E-state index >= 15 is 0 Å². The summed E-state index contributed by atoms with van der Waals surface area (Å²) in [6, 6.07) is 13.7. The van der Waals surface area contributed by atoms with Gasteiger partial charge in [0.2, 0.25) is 0 Å². The van der Waals surface area contributed by atoms with Crippen molar-refractivity contribution in [1.29, 1.82) is 0 Å². The van der Waals surface area contributed by atoms with E-state index in [9.17, 15) is 25.2 Å². The summed E-state index contributed by atoms with van der Waals surface area (Å²) in [6.07, 6.45) is -5.82. The van der Waals surface area contributed by atoms with Crippen molar-refractivity contribution in [2.24, 2.45) is 0 Å². The maximum absolute atomic E-state index is 11.3. The smallest absolute Gasteiger partial charge is 0.309 e. The third-order valence-electron chi connectivity index (χ3n) is 4.84. The second kappa shape index (κ2) is 9.34. The van der Waals surface area contributed by atoms with Gasteiger partial charge in [-0.15, -0.1) is 0 Å². The Balaban J connectivity index is 1.66. The van der Waals surface area contributed by atoms with E-state index in [1.807, 2.05) is 0 Å². The molecule has 3 rings (SSSR count). The Morgan fingerprint density at radius 1 is 0.931 bits per heavy atom. The van der Waals surface area contributed by atoms with Crippen LogP contribution in [0, 0.1) is 0 Å². The molecule has 4 N–H and O–H groups in total. The number of rotatable bonds is 6. The summed E-state index contributed by atoms with van der Waals surface area (Å²) < 4.78 is 15.9. The molecule has 0 bridgehead atoms. The zero-order valence-corrected chi connectivity index (χ0v) is 15.8. The molecule has 0 amide bonds. The Kier molecular flexibility index (Phi) is 6.83. The van der Waals surface area contributed by atoms with Gasteiger partial charge >= 0.3 is 5.97 Å². The highest BCUT2D eigenvalue weighted by atomic mass is 16.5. The van der Waals surface area contributed by atoms with Crippen LogP contribution in [0.15, 0.2) is 48.5 Å². The lowest BCUT2D eigenvalue weighted by Gasteiger charge is -2.40. The zero-order valence-electron chi connectivity index (χ0n) is 15.8. The number of esters is 1. The molecule has 1 aliphatic heterocycles. The van der Waals surface area contributed by atoms with Gasteiger partial charge in [-0.1, -0.05) is 24.3 Å². The van der Waals surface area contributed by atoms with Crippen LogP contribution < -0.4 is 4.74 Å². The van der Waals surface area contributed by atoms with E-state index < -0.39 is 37.1 Å². The van der Waals surface area contributed by atoms with E-state index in [1.165, 1.54) is 7.11 Å². The molecule has 0 radical (unpaired) electrons. The molecule has 8 heteroatoms. The van der Waals surface area contributed by atoms with Crippen LogP contribution in [0.25, 0.3) is 0 Å². The van der Waals surface area contributed by atoms with Crippen LogP contribution in [-0.4, -0.2) is 64.5 Å². The van der Waals surface area contributed by atoms with Crippen LogP contribution in [0.1, 0.15) is 17.2 Å². The molecule has 29 heavy (non-hydrogen) atoms. The van der Waals surface area contributed by atoms with Gasteiger partial charge < -0.3 is 34.6 Å². The molecule has 0 aromatic heterocycles. The topological polar surface area (TPSA) is 126 Å². The summed E-state index contributed by atoms with van der Waals surface area (Å²) in [5.41, 5.74) is 1.38. The van der Waals surface area contributed by atoms with Crippen LogP contribution in [0.3, 0.4) is 0 Å². The second-order valence-corrected chi connectivity index (χ2v) is 6.82. The third-order valence-corrected chi connectivity index (χ3v) is 4.84. The lowest BCUT2D eigenvalue weighted by Crippen LogP contribution is -2.55. The Hall–Kier alpha value is -2.49. The van der Waals surface area contributed by atoms with E-state index in [-0.39, 0.29) is 12.4 Å². The summed E-state index contributed by atoms with van der Waals surface area (Å²) in [5, 5.41) is 39.3. The highest BCUT2D eigenvalue weighted by Gasteiger charge is 2.43. The highest BCUT2D eigenvalue weighted by Crippen LogP contribution is 2.33. The number of ether oxygens (including phenoxy) is 3. The predicted molar refractivity (Wildman–Crippen MR) is 101 cm³/mol. The zero-order chi connectivity index (χ0) is 21.0. The molecule has 1 heterocycles. The summed E-state index contributed by atoms with van der Waals surface area (Å²) in [5.74, 6) is 0.806. The van der Waals surface area contributed by atoms with Crippen LogP contribution in [0.4, 0.5) is 0 Å². The van der Waals surface area contributed by atoms with Crippen molar-refractivity contribution in [2.75, 3.05) is 13.7 Å². The van der Waals surface area contributed by atoms with E-state index in [0.29, 0.717) is 17.1 Å². The summed E-state index contributed by atoms with van der Waals surface area (Å²) >= 11 is 0. The van der Waals surface area contributed by atoms with Crippen molar-refractivity contribution in [3.05, 3.63) is 59.7 Å². The normalized spacial score (nSPS) is 26.7. The average Bonchev–Trinajstić information content (AvgIpc) is 2.74. The quantitative estimate of drug-likeness (QED) is 0.519. The average molecular weight is 404 g/mol. The number of methoxy groups -OCH3 is 1. The molecule has 1 saturated heterocycles. The summed E-state index contributed by atoms with van der Waals surface area (Å²) in [4.78, 5) is 11.3. The molecule has 1 fully saturated rings. The fourth-order valence-electron chi connectivity index (χ4n) is 3.15. The monoisotopic (exact) mass is 404 g/mol. The van der Waals surface area contributed by atoms with Gasteiger partial charge in [-0.05, 0) is 35.4 Å². The van der Waals surface area contributed by atoms with Gasteiger partial charge in [-0.2, -0.15) is 0 Å². The molecule has 5 atom stereocenters. The van der Waals surface area contributed by atoms with Crippen molar-refractivity contribution in [3.8, 4) is 11.5 Å². The minimum Gasteiger partial charge on any atom is -0.469 e. The first kappa shape index (κ1) is 21.2. The Bertz CT molecular complexity index is 802. The van der Waals surface area contributed by atoms with E-state index in [2.05, 4.69) is 4.74 Å². The van der Waals surface area contributed by atoms with Gasteiger partial charge in [0, 0.05) is 0 Å². The molecule has 0 aliphatic carbocycles. The Labute approximate surface area is 167 Å².